The molecule has 0 radical (unpaired) electrons. The van der Waals surface area contributed by atoms with Crippen LogP contribution in [0, 0.1) is 13.8 Å². The zero-order valence-electron chi connectivity index (χ0n) is 7.24. The highest BCUT2D eigenvalue weighted by atomic mass is 79.9. The molecule has 0 saturated heterocycles. The Morgan fingerprint density at radius 2 is 2.23 bits per heavy atom. The summed E-state index contributed by atoms with van der Waals surface area (Å²) in [5.74, 6) is 0. The molecule has 0 atom stereocenters. The smallest absolute Gasteiger partial charge is 0.227 e. The maximum Gasteiger partial charge on any atom is 0.227 e. The first-order valence-electron chi connectivity index (χ1n) is 3.55. The van der Waals surface area contributed by atoms with E-state index in [-0.39, 0.29) is 17.0 Å². The summed E-state index contributed by atoms with van der Waals surface area (Å²) in [4.78, 5) is 5.55. The quantitative estimate of drug-likeness (QED) is 0.797. The lowest BCUT2D eigenvalue weighted by molar-refractivity contribution is 0.681. The van der Waals surface area contributed by atoms with Crippen LogP contribution in [-0.4, -0.2) is 11.3 Å². The third-order valence-corrected chi connectivity index (χ3v) is 2.68. The molecule has 1 aromatic heterocycles. The van der Waals surface area contributed by atoms with Crippen molar-refractivity contribution in [1.29, 1.82) is 0 Å². The summed E-state index contributed by atoms with van der Waals surface area (Å²) in [7, 11) is 0. The number of aromatic nitrogens is 1. The van der Waals surface area contributed by atoms with Gasteiger partial charge in [0, 0.05) is 4.88 Å². The second-order valence-corrected chi connectivity index (χ2v) is 3.64. The van der Waals surface area contributed by atoms with Gasteiger partial charge in [0.2, 0.25) is 5.13 Å². The molecule has 1 aliphatic heterocycles. The molecule has 0 amide bonds. The van der Waals surface area contributed by atoms with Crippen molar-refractivity contribution in [2.45, 2.75) is 13.8 Å². The summed E-state index contributed by atoms with van der Waals surface area (Å²) in [6.07, 6.45) is 1.58. The number of hydrogen-bond donors (Lipinski definition) is 2. The average molecular weight is 264 g/mol. The Balaban J connectivity index is 0.000000845. The highest BCUT2D eigenvalue weighted by molar-refractivity contribution is 8.93. The molecular formula is C6H10BrN5S. The molecule has 0 fully saturated rings. The molecule has 1 aromatic rings. The first-order chi connectivity index (χ1) is 5.77. The Bertz CT molecular complexity index is 295. The van der Waals surface area contributed by atoms with Crippen LogP contribution in [0.2, 0.25) is 0 Å². The van der Waals surface area contributed by atoms with Gasteiger partial charge in [0.05, 0.1) is 5.69 Å². The van der Waals surface area contributed by atoms with Crippen LogP contribution in [0.3, 0.4) is 0 Å². The number of hydrogen-bond acceptors (Lipinski definition) is 6. The van der Waals surface area contributed by atoms with Crippen molar-refractivity contribution < 1.29 is 0 Å². The maximum absolute atomic E-state index is 4.33. The molecule has 1 aliphatic rings. The van der Waals surface area contributed by atoms with Gasteiger partial charge in [-0.2, -0.15) is 10.7 Å². The van der Waals surface area contributed by atoms with E-state index in [1.54, 1.807) is 22.8 Å². The van der Waals surface area contributed by atoms with Gasteiger partial charge in [0.1, 0.15) is 6.34 Å². The second kappa shape index (κ2) is 3.93. The van der Waals surface area contributed by atoms with Gasteiger partial charge in [-0.1, -0.05) is 11.3 Å². The number of nitrogens with zero attached hydrogens (tertiary/aromatic N) is 3. The van der Waals surface area contributed by atoms with E-state index < -0.39 is 0 Å². The number of nitrogens with one attached hydrogen (secondary N) is 2. The fourth-order valence-electron chi connectivity index (χ4n) is 0.852. The van der Waals surface area contributed by atoms with Gasteiger partial charge in [-0.25, -0.2) is 4.98 Å². The third kappa shape index (κ3) is 1.92. The molecular weight excluding hydrogens is 254 g/mol. The van der Waals surface area contributed by atoms with Gasteiger partial charge < -0.3 is 0 Å². The Morgan fingerprint density at radius 3 is 2.69 bits per heavy atom. The largest absolute Gasteiger partial charge is 0.264 e. The van der Waals surface area contributed by atoms with Gasteiger partial charge in [0.15, 0.2) is 0 Å². The summed E-state index contributed by atoms with van der Waals surface area (Å²) in [6.45, 7) is 4.04. The molecule has 0 saturated carbocycles. The van der Waals surface area contributed by atoms with Crippen molar-refractivity contribution in [3.05, 3.63) is 10.6 Å². The predicted octanol–water partition coefficient (Wildman–Crippen LogP) is 1.11. The van der Waals surface area contributed by atoms with Crippen molar-refractivity contribution in [3.63, 3.8) is 0 Å². The van der Waals surface area contributed by atoms with Gasteiger partial charge in [-0.15, -0.1) is 22.1 Å². The van der Waals surface area contributed by atoms with Crippen molar-refractivity contribution in [2.75, 3.05) is 5.12 Å². The summed E-state index contributed by atoms with van der Waals surface area (Å²) in [6, 6.07) is 0. The molecule has 0 unspecified atom stereocenters. The third-order valence-electron chi connectivity index (χ3n) is 1.62. The molecule has 13 heavy (non-hydrogen) atoms. The molecule has 0 bridgehead atoms. The number of hydrazone groups is 1. The fraction of sp³-hybridized carbons (Fsp3) is 0.333. The van der Waals surface area contributed by atoms with Crippen molar-refractivity contribution in [3.8, 4) is 0 Å². The molecule has 0 spiro atoms. The summed E-state index contributed by atoms with van der Waals surface area (Å²) >= 11 is 1.62. The topological polar surface area (TPSA) is 52.6 Å². The maximum atomic E-state index is 4.33. The van der Waals surface area contributed by atoms with E-state index in [1.165, 1.54) is 4.88 Å². The van der Waals surface area contributed by atoms with E-state index in [2.05, 4.69) is 21.0 Å². The van der Waals surface area contributed by atoms with Crippen LogP contribution in [-0.2, 0) is 0 Å². The Labute approximate surface area is 90.6 Å². The summed E-state index contributed by atoms with van der Waals surface area (Å²) in [5.41, 5.74) is 6.71. The molecule has 72 valence electrons. The van der Waals surface area contributed by atoms with Crippen LogP contribution >= 0.6 is 28.3 Å². The van der Waals surface area contributed by atoms with E-state index in [0.717, 1.165) is 10.8 Å². The fourth-order valence-corrected chi connectivity index (χ4v) is 1.69. The van der Waals surface area contributed by atoms with Crippen LogP contribution in [0.4, 0.5) is 5.13 Å². The highest BCUT2D eigenvalue weighted by Gasteiger charge is 2.12. The normalized spacial score (nSPS) is 13.5. The SMILES string of the molecule is Br.Cc1nc(N2NC=NN2)sc1C. The summed E-state index contributed by atoms with van der Waals surface area (Å²) in [5, 5.41) is 6.34. The Morgan fingerprint density at radius 1 is 1.46 bits per heavy atom. The lowest BCUT2D eigenvalue weighted by atomic mass is 10.4. The zero-order valence-corrected chi connectivity index (χ0v) is 9.77. The van der Waals surface area contributed by atoms with Gasteiger partial charge in [-0.05, 0) is 13.8 Å². The number of aryl methyl sites for hydroxylation is 2. The molecule has 0 aromatic carbocycles. The number of thiazole rings is 1. The van der Waals surface area contributed by atoms with E-state index in [1.807, 2.05) is 13.8 Å². The molecule has 5 nitrogen and oxygen atoms in total. The van der Waals surface area contributed by atoms with Gasteiger partial charge >= 0.3 is 0 Å². The molecule has 0 aliphatic carbocycles. The minimum atomic E-state index is 0. The molecule has 2 rings (SSSR count). The van der Waals surface area contributed by atoms with Gasteiger partial charge in [0.25, 0.3) is 0 Å². The Kier molecular flexibility index (Phi) is 3.10. The molecule has 2 heterocycles. The number of rotatable bonds is 1. The van der Waals surface area contributed by atoms with Crippen molar-refractivity contribution in [2.24, 2.45) is 5.10 Å². The van der Waals surface area contributed by atoms with E-state index in [0.29, 0.717) is 0 Å². The first kappa shape index (κ1) is 10.3. The average Bonchev–Trinajstić information content (AvgIpc) is 2.61. The van der Waals surface area contributed by atoms with E-state index in [4.69, 9.17) is 0 Å². The molecule has 7 heteroatoms. The van der Waals surface area contributed by atoms with Crippen molar-refractivity contribution in [1.82, 2.24) is 15.9 Å². The summed E-state index contributed by atoms with van der Waals surface area (Å²) < 4.78 is 0. The van der Waals surface area contributed by atoms with Gasteiger partial charge in [-0.3, -0.25) is 5.43 Å². The number of hydrazine groups is 2. The Hall–Kier alpha value is -0.820. The molecule has 2 N–H and O–H groups in total. The monoisotopic (exact) mass is 263 g/mol. The predicted molar refractivity (Wildman–Crippen MR) is 59.2 cm³/mol. The second-order valence-electron chi connectivity index (χ2n) is 2.46. The lowest BCUT2D eigenvalue weighted by Gasteiger charge is -2.11. The van der Waals surface area contributed by atoms with Crippen LogP contribution in [0.1, 0.15) is 10.6 Å². The van der Waals surface area contributed by atoms with Crippen LogP contribution < -0.4 is 16.1 Å². The number of anilines is 1. The lowest BCUT2D eigenvalue weighted by Crippen LogP contribution is -2.38. The zero-order chi connectivity index (χ0) is 8.55. The van der Waals surface area contributed by atoms with E-state index in [9.17, 15) is 0 Å². The minimum absolute atomic E-state index is 0. The van der Waals surface area contributed by atoms with Crippen LogP contribution in [0.15, 0.2) is 5.10 Å². The van der Waals surface area contributed by atoms with Crippen LogP contribution in [0.25, 0.3) is 0 Å². The first-order valence-corrected chi connectivity index (χ1v) is 4.36. The standard InChI is InChI=1S/C6H9N5S.BrH/c1-4-5(2)12-6(9-4)11-8-3-7-10-11;/h3,10H,1-2H3,(H,7,8);1H. The van der Waals surface area contributed by atoms with Crippen molar-refractivity contribution >= 4 is 39.8 Å². The van der Waals surface area contributed by atoms with E-state index >= 15 is 0 Å². The van der Waals surface area contributed by atoms with Crippen LogP contribution in [0.5, 0.6) is 0 Å². The number of halogens is 1. The highest BCUT2D eigenvalue weighted by Crippen LogP contribution is 2.23. The minimum Gasteiger partial charge on any atom is -0.264 e.